The second-order valence-electron chi connectivity index (χ2n) is 5.00. The summed E-state index contributed by atoms with van der Waals surface area (Å²) in [5, 5.41) is 3.20. The van der Waals surface area contributed by atoms with Crippen LogP contribution in [-0.4, -0.2) is 38.6 Å². The van der Waals surface area contributed by atoms with E-state index in [4.69, 9.17) is 0 Å². The van der Waals surface area contributed by atoms with Gasteiger partial charge in [0, 0.05) is 19.6 Å². The maximum absolute atomic E-state index is 3.20. The van der Waals surface area contributed by atoms with Gasteiger partial charge in [0.1, 0.15) is 0 Å². The first kappa shape index (κ1) is 12.0. The van der Waals surface area contributed by atoms with Crippen LogP contribution in [0.1, 0.15) is 32.6 Å². The van der Waals surface area contributed by atoms with Crippen LogP contribution in [0.2, 0.25) is 0 Å². The molecule has 0 amide bonds. The largest absolute Gasteiger partial charge is 0.318 e. The predicted molar refractivity (Wildman–Crippen MR) is 62.5 cm³/mol. The van der Waals surface area contributed by atoms with Crippen molar-refractivity contribution in [1.82, 2.24) is 10.2 Å². The van der Waals surface area contributed by atoms with Crippen LogP contribution in [0, 0.1) is 11.8 Å². The lowest BCUT2D eigenvalue weighted by Crippen LogP contribution is -2.33. The number of rotatable bonds is 5. The van der Waals surface area contributed by atoms with Gasteiger partial charge in [0.2, 0.25) is 0 Å². The Balaban J connectivity index is 2.15. The summed E-state index contributed by atoms with van der Waals surface area (Å²) in [6.45, 7) is 5.99. The fourth-order valence-corrected chi connectivity index (χ4v) is 2.56. The molecule has 1 aliphatic carbocycles. The number of nitrogens with one attached hydrogen (secondary N) is 1. The van der Waals surface area contributed by atoms with Crippen molar-refractivity contribution in [2.45, 2.75) is 32.6 Å². The van der Waals surface area contributed by atoms with E-state index in [1.807, 2.05) is 7.05 Å². The van der Waals surface area contributed by atoms with Crippen molar-refractivity contribution in [2.75, 3.05) is 33.7 Å². The Morgan fingerprint density at radius 1 is 1.36 bits per heavy atom. The van der Waals surface area contributed by atoms with Crippen molar-refractivity contribution in [2.24, 2.45) is 11.8 Å². The molecule has 2 atom stereocenters. The molecule has 84 valence electrons. The van der Waals surface area contributed by atoms with E-state index in [1.165, 1.54) is 38.8 Å². The Bertz CT molecular complexity index is 147. The lowest BCUT2D eigenvalue weighted by molar-refractivity contribution is 0.205. The van der Waals surface area contributed by atoms with Gasteiger partial charge in [0.05, 0.1) is 0 Å². The molecule has 2 nitrogen and oxygen atoms in total. The molecule has 1 saturated carbocycles. The molecular formula is C12H26N2. The van der Waals surface area contributed by atoms with Crippen LogP contribution in [-0.2, 0) is 0 Å². The van der Waals surface area contributed by atoms with E-state index in [9.17, 15) is 0 Å². The van der Waals surface area contributed by atoms with Crippen LogP contribution >= 0.6 is 0 Å². The molecule has 1 aliphatic rings. The number of hydrogen-bond acceptors (Lipinski definition) is 2. The first-order chi connectivity index (χ1) is 6.72. The molecule has 0 heterocycles. The summed E-state index contributed by atoms with van der Waals surface area (Å²) in [7, 11) is 4.27. The Morgan fingerprint density at radius 2 is 2.14 bits per heavy atom. The molecule has 0 aromatic rings. The van der Waals surface area contributed by atoms with Crippen LogP contribution in [0.25, 0.3) is 0 Å². The zero-order chi connectivity index (χ0) is 10.4. The lowest BCUT2D eigenvalue weighted by atomic mass is 9.82. The molecule has 0 aromatic heterocycles. The van der Waals surface area contributed by atoms with E-state index in [0.717, 1.165) is 18.4 Å². The van der Waals surface area contributed by atoms with Gasteiger partial charge < -0.3 is 10.2 Å². The molecule has 1 rings (SSSR count). The van der Waals surface area contributed by atoms with Gasteiger partial charge in [-0.25, -0.2) is 0 Å². The van der Waals surface area contributed by atoms with Gasteiger partial charge in [-0.1, -0.05) is 19.8 Å². The Hall–Kier alpha value is -0.0800. The minimum absolute atomic E-state index is 0.959. The minimum atomic E-state index is 0.959. The van der Waals surface area contributed by atoms with Crippen molar-refractivity contribution in [3.8, 4) is 0 Å². The monoisotopic (exact) mass is 198 g/mol. The minimum Gasteiger partial charge on any atom is -0.318 e. The van der Waals surface area contributed by atoms with E-state index in [1.54, 1.807) is 0 Å². The third-order valence-electron chi connectivity index (χ3n) is 3.36. The van der Waals surface area contributed by atoms with Crippen LogP contribution in [0.15, 0.2) is 0 Å². The highest BCUT2D eigenvalue weighted by Gasteiger charge is 2.19. The quantitative estimate of drug-likeness (QED) is 0.726. The van der Waals surface area contributed by atoms with Crippen molar-refractivity contribution in [1.29, 1.82) is 0 Å². The van der Waals surface area contributed by atoms with E-state index in [2.05, 4.69) is 24.2 Å². The summed E-state index contributed by atoms with van der Waals surface area (Å²) < 4.78 is 0. The van der Waals surface area contributed by atoms with Gasteiger partial charge in [0.15, 0.2) is 0 Å². The van der Waals surface area contributed by atoms with Crippen molar-refractivity contribution in [3.63, 3.8) is 0 Å². The fraction of sp³-hybridized carbons (Fsp3) is 1.00. The molecule has 14 heavy (non-hydrogen) atoms. The molecule has 0 spiro atoms. The van der Waals surface area contributed by atoms with Crippen molar-refractivity contribution < 1.29 is 0 Å². The normalized spacial score (nSPS) is 28.3. The smallest absolute Gasteiger partial charge is 0.0104 e. The molecule has 0 aliphatic heterocycles. The summed E-state index contributed by atoms with van der Waals surface area (Å²) in [6.07, 6.45) is 5.81. The molecule has 0 bridgehead atoms. The number of hydrogen-bond donors (Lipinski definition) is 1. The Labute approximate surface area is 89.1 Å². The molecule has 0 radical (unpaired) electrons. The Morgan fingerprint density at radius 3 is 2.79 bits per heavy atom. The SMILES string of the molecule is CNCCN(C)CC1CCCC(C)C1. The van der Waals surface area contributed by atoms with Gasteiger partial charge in [-0.05, 0) is 38.8 Å². The van der Waals surface area contributed by atoms with Gasteiger partial charge in [-0.3, -0.25) is 0 Å². The summed E-state index contributed by atoms with van der Waals surface area (Å²) in [6, 6.07) is 0. The van der Waals surface area contributed by atoms with E-state index in [0.29, 0.717) is 0 Å². The molecule has 0 aromatic carbocycles. The average Bonchev–Trinajstić information content (AvgIpc) is 2.15. The first-order valence-electron chi connectivity index (χ1n) is 6.05. The summed E-state index contributed by atoms with van der Waals surface area (Å²) in [5.41, 5.74) is 0. The van der Waals surface area contributed by atoms with Crippen LogP contribution in [0.5, 0.6) is 0 Å². The standard InChI is InChI=1S/C12H26N2/c1-11-5-4-6-12(9-11)10-14(3)8-7-13-2/h11-13H,4-10H2,1-3H3. The molecular weight excluding hydrogens is 172 g/mol. The van der Waals surface area contributed by atoms with Crippen LogP contribution in [0.3, 0.4) is 0 Å². The van der Waals surface area contributed by atoms with E-state index < -0.39 is 0 Å². The highest BCUT2D eigenvalue weighted by molar-refractivity contribution is 4.72. The third kappa shape index (κ3) is 4.43. The summed E-state index contributed by atoms with van der Waals surface area (Å²) >= 11 is 0. The molecule has 0 saturated heterocycles. The topological polar surface area (TPSA) is 15.3 Å². The molecule has 1 fully saturated rings. The number of likely N-dealkylation sites (N-methyl/N-ethyl adjacent to an activating group) is 2. The highest BCUT2D eigenvalue weighted by atomic mass is 15.1. The average molecular weight is 198 g/mol. The molecule has 2 unspecified atom stereocenters. The molecule has 1 N–H and O–H groups in total. The fourth-order valence-electron chi connectivity index (χ4n) is 2.56. The number of nitrogens with zero attached hydrogens (tertiary/aromatic N) is 1. The second kappa shape index (κ2) is 6.41. The maximum Gasteiger partial charge on any atom is 0.0104 e. The maximum atomic E-state index is 3.20. The second-order valence-corrected chi connectivity index (χ2v) is 5.00. The highest BCUT2D eigenvalue weighted by Crippen LogP contribution is 2.28. The van der Waals surface area contributed by atoms with Crippen molar-refractivity contribution in [3.05, 3.63) is 0 Å². The predicted octanol–water partition coefficient (Wildman–Crippen LogP) is 1.96. The third-order valence-corrected chi connectivity index (χ3v) is 3.36. The van der Waals surface area contributed by atoms with Gasteiger partial charge in [-0.15, -0.1) is 0 Å². The van der Waals surface area contributed by atoms with E-state index >= 15 is 0 Å². The zero-order valence-corrected chi connectivity index (χ0v) is 10.1. The zero-order valence-electron chi connectivity index (χ0n) is 10.1. The summed E-state index contributed by atoms with van der Waals surface area (Å²) in [5.74, 6) is 1.92. The summed E-state index contributed by atoms with van der Waals surface area (Å²) in [4.78, 5) is 2.47. The first-order valence-corrected chi connectivity index (χ1v) is 6.05. The van der Waals surface area contributed by atoms with Crippen LogP contribution in [0.4, 0.5) is 0 Å². The lowest BCUT2D eigenvalue weighted by Gasteiger charge is -2.30. The van der Waals surface area contributed by atoms with Gasteiger partial charge in [0.25, 0.3) is 0 Å². The van der Waals surface area contributed by atoms with Gasteiger partial charge in [-0.2, -0.15) is 0 Å². The molecule has 2 heteroatoms. The van der Waals surface area contributed by atoms with E-state index in [-0.39, 0.29) is 0 Å². The van der Waals surface area contributed by atoms with Gasteiger partial charge >= 0.3 is 0 Å². The van der Waals surface area contributed by atoms with Crippen LogP contribution < -0.4 is 5.32 Å². The van der Waals surface area contributed by atoms with Crippen molar-refractivity contribution >= 4 is 0 Å². The Kier molecular flexibility index (Phi) is 5.49.